The van der Waals surface area contributed by atoms with E-state index in [0.29, 0.717) is 5.56 Å². The van der Waals surface area contributed by atoms with Crippen molar-refractivity contribution in [3.63, 3.8) is 0 Å². The van der Waals surface area contributed by atoms with Gasteiger partial charge in [-0.1, -0.05) is 0 Å². The third kappa shape index (κ3) is 2.44. The second kappa shape index (κ2) is 4.22. The highest BCUT2D eigenvalue weighted by atomic mass is 16.2. The van der Waals surface area contributed by atoms with E-state index in [0.717, 1.165) is 0 Å². The second-order valence-corrected chi connectivity index (χ2v) is 2.62. The lowest BCUT2D eigenvalue weighted by Gasteiger charge is -2.13. The van der Waals surface area contributed by atoms with E-state index in [4.69, 9.17) is 11.5 Å². The third-order valence-corrected chi connectivity index (χ3v) is 1.61. The van der Waals surface area contributed by atoms with Crippen LogP contribution in [-0.2, 0) is 4.79 Å². The molecule has 6 heteroatoms. The Kier molecular flexibility index (Phi) is 3.01. The molecule has 0 aliphatic carbocycles. The molecule has 1 aromatic rings. The maximum Gasteiger partial charge on any atom is 0.313 e. The molecule has 6 nitrogen and oxygen atoms in total. The number of rotatable bonds is 3. The maximum atomic E-state index is 11.0. The first kappa shape index (κ1) is 9.97. The Bertz CT molecular complexity index is 338. The summed E-state index contributed by atoms with van der Waals surface area (Å²) in [4.78, 5) is 25.3. The predicted octanol–water partition coefficient (Wildman–Crippen LogP) is -0.724. The first-order valence-electron chi connectivity index (χ1n) is 3.86. The van der Waals surface area contributed by atoms with Crippen LogP contribution >= 0.6 is 0 Å². The Morgan fingerprint density at radius 3 is 2.29 bits per heavy atom. The van der Waals surface area contributed by atoms with Crippen molar-refractivity contribution in [1.29, 1.82) is 0 Å². The summed E-state index contributed by atoms with van der Waals surface area (Å²) in [7, 11) is 0. The number of nitrogens with one attached hydrogen (secondary N) is 1. The van der Waals surface area contributed by atoms with Gasteiger partial charge in [-0.05, 0) is 17.7 Å². The Labute approximate surface area is 80.3 Å². The van der Waals surface area contributed by atoms with Gasteiger partial charge in [0.2, 0.25) is 5.91 Å². The lowest BCUT2D eigenvalue weighted by Crippen LogP contribution is -2.40. The van der Waals surface area contributed by atoms with E-state index in [1.165, 1.54) is 12.4 Å². The first-order valence-corrected chi connectivity index (χ1v) is 3.86. The fraction of sp³-hybridized carbons (Fsp3) is 0.125. The Balaban J connectivity index is 2.89. The van der Waals surface area contributed by atoms with Crippen molar-refractivity contribution >= 4 is 11.9 Å². The zero-order valence-corrected chi connectivity index (χ0v) is 7.31. The number of nitrogens with two attached hydrogens (primary N) is 2. The number of aromatic nitrogens is 1. The average molecular weight is 194 g/mol. The summed E-state index contributed by atoms with van der Waals surface area (Å²) in [6.45, 7) is 0. The molecule has 0 aromatic carbocycles. The van der Waals surface area contributed by atoms with Gasteiger partial charge < -0.3 is 16.8 Å². The molecular weight excluding hydrogens is 184 g/mol. The summed E-state index contributed by atoms with van der Waals surface area (Å²) < 4.78 is 0. The van der Waals surface area contributed by atoms with Crippen LogP contribution in [-0.4, -0.2) is 16.9 Å². The molecule has 0 fully saturated rings. The lowest BCUT2D eigenvalue weighted by atomic mass is 10.1. The van der Waals surface area contributed by atoms with Gasteiger partial charge in [0.05, 0.1) is 0 Å². The maximum absolute atomic E-state index is 11.0. The van der Waals surface area contributed by atoms with Crippen LogP contribution in [0.4, 0.5) is 4.79 Å². The molecule has 0 saturated heterocycles. The van der Waals surface area contributed by atoms with Crippen LogP contribution in [0.25, 0.3) is 0 Å². The molecule has 1 atom stereocenters. The molecule has 5 N–H and O–H groups in total. The van der Waals surface area contributed by atoms with Crippen LogP contribution in [0, 0.1) is 0 Å². The Hall–Kier alpha value is -2.11. The summed E-state index contributed by atoms with van der Waals surface area (Å²) in [6.07, 6.45) is 2.99. The number of amides is 3. The first-order chi connectivity index (χ1) is 6.61. The third-order valence-electron chi connectivity index (χ3n) is 1.61. The number of hydrogen-bond acceptors (Lipinski definition) is 3. The van der Waals surface area contributed by atoms with E-state index < -0.39 is 18.0 Å². The van der Waals surface area contributed by atoms with Crippen molar-refractivity contribution in [2.45, 2.75) is 6.04 Å². The van der Waals surface area contributed by atoms with E-state index in [-0.39, 0.29) is 0 Å². The molecule has 1 heterocycles. The minimum Gasteiger partial charge on any atom is -0.368 e. The van der Waals surface area contributed by atoms with Crippen molar-refractivity contribution in [2.24, 2.45) is 11.5 Å². The minimum absolute atomic E-state index is 0.548. The second-order valence-electron chi connectivity index (χ2n) is 2.62. The van der Waals surface area contributed by atoms with Crippen molar-refractivity contribution < 1.29 is 9.59 Å². The van der Waals surface area contributed by atoms with Crippen molar-refractivity contribution in [3.8, 4) is 0 Å². The number of carbonyl (C=O) groups excluding carboxylic acids is 2. The van der Waals surface area contributed by atoms with Gasteiger partial charge in [0.25, 0.3) is 0 Å². The summed E-state index contributed by atoms with van der Waals surface area (Å²) >= 11 is 0. The summed E-state index contributed by atoms with van der Waals surface area (Å²) in [6, 6.07) is 1.44. The van der Waals surface area contributed by atoms with Gasteiger partial charge >= 0.3 is 6.03 Å². The molecule has 1 aromatic heterocycles. The van der Waals surface area contributed by atoms with Crippen molar-refractivity contribution in [2.75, 3.05) is 0 Å². The molecular formula is C8H10N4O2. The topological polar surface area (TPSA) is 111 Å². The van der Waals surface area contributed by atoms with Gasteiger partial charge in [-0.25, -0.2) is 4.79 Å². The largest absolute Gasteiger partial charge is 0.368 e. The molecule has 14 heavy (non-hydrogen) atoms. The van der Waals surface area contributed by atoms with Crippen molar-refractivity contribution in [1.82, 2.24) is 10.3 Å². The lowest BCUT2D eigenvalue weighted by molar-refractivity contribution is -0.119. The van der Waals surface area contributed by atoms with Crippen LogP contribution in [0.15, 0.2) is 24.5 Å². The number of pyridine rings is 1. The van der Waals surface area contributed by atoms with Crippen molar-refractivity contribution in [3.05, 3.63) is 30.1 Å². The van der Waals surface area contributed by atoms with Gasteiger partial charge in [0, 0.05) is 12.4 Å². The fourth-order valence-corrected chi connectivity index (χ4v) is 1.02. The Morgan fingerprint density at radius 1 is 1.29 bits per heavy atom. The van der Waals surface area contributed by atoms with Gasteiger partial charge in [-0.2, -0.15) is 0 Å². The number of carbonyl (C=O) groups is 2. The number of hydrogen-bond donors (Lipinski definition) is 3. The summed E-state index contributed by atoms with van der Waals surface area (Å²) in [5.74, 6) is -0.671. The molecule has 0 spiro atoms. The zero-order valence-electron chi connectivity index (χ0n) is 7.31. The van der Waals surface area contributed by atoms with E-state index in [2.05, 4.69) is 10.3 Å². The highest BCUT2D eigenvalue weighted by molar-refractivity contribution is 5.86. The van der Waals surface area contributed by atoms with Gasteiger partial charge in [0.15, 0.2) is 0 Å². The van der Waals surface area contributed by atoms with Gasteiger partial charge in [-0.15, -0.1) is 0 Å². The average Bonchev–Trinajstić information content (AvgIpc) is 2.15. The fourth-order valence-electron chi connectivity index (χ4n) is 1.02. The highest BCUT2D eigenvalue weighted by Gasteiger charge is 2.18. The number of primary amides is 2. The number of nitrogens with zero attached hydrogens (tertiary/aromatic N) is 1. The van der Waals surface area contributed by atoms with E-state index in [1.807, 2.05) is 0 Å². The molecule has 74 valence electrons. The monoisotopic (exact) mass is 194 g/mol. The molecule has 0 aliphatic heterocycles. The van der Waals surface area contributed by atoms with Gasteiger partial charge in [-0.3, -0.25) is 9.78 Å². The normalized spacial score (nSPS) is 11.7. The van der Waals surface area contributed by atoms with Crippen LogP contribution in [0.2, 0.25) is 0 Å². The van der Waals surface area contributed by atoms with E-state index >= 15 is 0 Å². The molecule has 1 rings (SSSR count). The smallest absolute Gasteiger partial charge is 0.313 e. The van der Waals surface area contributed by atoms with Crippen LogP contribution in [0.1, 0.15) is 11.6 Å². The highest BCUT2D eigenvalue weighted by Crippen LogP contribution is 2.09. The van der Waals surface area contributed by atoms with Crippen LogP contribution in [0.3, 0.4) is 0 Å². The summed E-state index contributed by atoms with van der Waals surface area (Å²) in [5, 5.41) is 2.23. The predicted molar refractivity (Wildman–Crippen MR) is 48.9 cm³/mol. The quantitative estimate of drug-likeness (QED) is 0.590. The van der Waals surface area contributed by atoms with Gasteiger partial charge in [0.1, 0.15) is 6.04 Å². The standard InChI is InChI=1S/C8H10N4O2/c9-7(13)6(12-8(10)14)5-1-3-11-4-2-5/h1-4,6H,(H2,9,13)(H3,10,12,14)/t6-/m1/s1. The molecule has 0 bridgehead atoms. The zero-order chi connectivity index (χ0) is 10.6. The van der Waals surface area contributed by atoms with E-state index in [1.54, 1.807) is 12.1 Å². The van der Waals surface area contributed by atoms with E-state index in [9.17, 15) is 9.59 Å². The summed E-state index contributed by atoms with van der Waals surface area (Å²) in [5.41, 5.74) is 10.5. The SMILES string of the molecule is NC(=O)N[C@@H](C(N)=O)c1ccncc1. The molecule has 0 radical (unpaired) electrons. The molecule has 0 saturated carbocycles. The Morgan fingerprint density at radius 2 is 1.86 bits per heavy atom. The molecule has 0 unspecified atom stereocenters. The molecule has 0 aliphatic rings. The van der Waals surface area contributed by atoms with Crippen LogP contribution in [0.5, 0.6) is 0 Å². The minimum atomic E-state index is -0.907. The van der Waals surface area contributed by atoms with Crippen LogP contribution < -0.4 is 16.8 Å². The molecule has 3 amide bonds. The number of urea groups is 1.